The van der Waals surface area contributed by atoms with Gasteiger partial charge in [0.1, 0.15) is 11.1 Å². The van der Waals surface area contributed by atoms with Crippen LogP contribution in [0.15, 0.2) is 48.5 Å². The van der Waals surface area contributed by atoms with Gasteiger partial charge in [0, 0.05) is 20.8 Å². The Hall–Kier alpha value is -2.91. The topological polar surface area (TPSA) is 65.8 Å². The number of amides is 1. The summed E-state index contributed by atoms with van der Waals surface area (Å²) in [6.45, 7) is 3.81. The Labute approximate surface area is 187 Å². The smallest absolute Gasteiger partial charge is 0.257 e. The van der Waals surface area contributed by atoms with Crippen molar-refractivity contribution in [3.8, 4) is 17.3 Å². The molecule has 7 heteroatoms. The Morgan fingerprint density at radius 1 is 1.13 bits per heavy atom. The predicted molar refractivity (Wildman–Crippen MR) is 124 cm³/mol. The first-order valence-corrected chi connectivity index (χ1v) is 10.6. The normalized spacial score (nSPS) is 10.8. The monoisotopic (exact) mass is 451 g/mol. The molecule has 4 rings (SSSR count). The van der Waals surface area contributed by atoms with Crippen molar-refractivity contribution >= 4 is 56.3 Å². The summed E-state index contributed by atoms with van der Waals surface area (Å²) in [5, 5.41) is 14.6. The van der Waals surface area contributed by atoms with Crippen LogP contribution in [0.4, 0.5) is 5.00 Å². The van der Waals surface area contributed by atoms with Gasteiger partial charge in [0.05, 0.1) is 27.4 Å². The molecule has 1 amide bonds. The van der Waals surface area contributed by atoms with Crippen LogP contribution in [-0.2, 0) is 0 Å². The molecule has 148 valence electrons. The minimum Gasteiger partial charge on any atom is -0.312 e. The lowest BCUT2D eigenvalue weighted by Gasteiger charge is -2.11. The van der Waals surface area contributed by atoms with Crippen molar-refractivity contribution in [3.63, 3.8) is 0 Å². The zero-order chi connectivity index (χ0) is 21.4. The van der Waals surface area contributed by atoms with Crippen LogP contribution in [-0.4, -0.2) is 10.9 Å². The Morgan fingerprint density at radius 3 is 2.63 bits per heavy atom. The average Bonchev–Trinajstić information content (AvgIpc) is 2.99. The van der Waals surface area contributed by atoms with Gasteiger partial charge in [-0.1, -0.05) is 41.4 Å². The van der Waals surface area contributed by atoms with Crippen LogP contribution in [0.2, 0.25) is 10.0 Å². The Bertz CT molecular complexity index is 1350. The molecule has 0 spiro atoms. The van der Waals surface area contributed by atoms with E-state index in [0.29, 0.717) is 48.3 Å². The van der Waals surface area contributed by atoms with Crippen LogP contribution >= 0.6 is 34.5 Å². The zero-order valence-corrected chi connectivity index (χ0v) is 18.4. The van der Waals surface area contributed by atoms with Gasteiger partial charge in [-0.15, -0.1) is 11.3 Å². The van der Waals surface area contributed by atoms with Crippen LogP contribution in [0.5, 0.6) is 0 Å². The maximum absolute atomic E-state index is 13.2. The van der Waals surface area contributed by atoms with Crippen molar-refractivity contribution in [3.05, 3.63) is 80.1 Å². The molecule has 2 aromatic heterocycles. The van der Waals surface area contributed by atoms with Crippen molar-refractivity contribution in [1.82, 2.24) is 4.98 Å². The third-order valence-electron chi connectivity index (χ3n) is 4.89. The molecule has 1 N–H and O–H groups in total. The molecule has 0 aliphatic heterocycles. The molecule has 0 fully saturated rings. The largest absolute Gasteiger partial charge is 0.312 e. The SMILES string of the molecule is Cc1sc(NC(=O)c2cc(-c3ccc(Cl)cc3Cl)nc3ccccc23)c(C#N)c1C. The summed E-state index contributed by atoms with van der Waals surface area (Å²) in [5.41, 5.74) is 3.75. The summed E-state index contributed by atoms with van der Waals surface area (Å²) in [7, 11) is 0. The van der Waals surface area contributed by atoms with Gasteiger partial charge in [-0.05, 0) is 49.7 Å². The van der Waals surface area contributed by atoms with Crippen molar-refractivity contribution in [2.24, 2.45) is 0 Å². The van der Waals surface area contributed by atoms with Gasteiger partial charge in [-0.25, -0.2) is 4.98 Å². The van der Waals surface area contributed by atoms with E-state index in [-0.39, 0.29) is 5.91 Å². The van der Waals surface area contributed by atoms with Crippen LogP contribution in [0.3, 0.4) is 0 Å². The van der Waals surface area contributed by atoms with Crippen LogP contribution in [0, 0.1) is 25.2 Å². The fourth-order valence-corrected chi connectivity index (χ4v) is 4.73. The van der Waals surface area contributed by atoms with E-state index in [0.717, 1.165) is 10.4 Å². The van der Waals surface area contributed by atoms with Crippen LogP contribution in [0.25, 0.3) is 22.2 Å². The number of benzene rings is 2. The highest BCUT2D eigenvalue weighted by Crippen LogP contribution is 2.34. The fourth-order valence-electron chi connectivity index (χ4n) is 3.22. The Kier molecular flexibility index (Phi) is 5.48. The van der Waals surface area contributed by atoms with E-state index in [1.54, 1.807) is 24.3 Å². The van der Waals surface area contributed by atoms with Gasteiger partial charge in [-0.2, -0.15) is 5.26 Å². The maximum Gasteiger partial charge on any atom is 0.257 e. The van der Waals surface area contributed by atoms with E-state index in [9.17, 15) is 10.1 Å². The van der Waals surface area contributed by atoms with E-state index >= 15 is 0 Å². The number of nitriles is 1. The minimum absolute atomic E-state index is 0.308. The number of carbonyl (C=O) groups excluding carboxylic acids is 1. The molecule has 0 aliphatic rings. The molecule has 2 aromatic carbocycles. The van der Waals surface area contributed by atoms with Crippen molar-refractivity contribution in [2.45, 2.75) is 13.8 Å². The fraction of sp³-hybridized carbons (Fsp3) is 0.0870. The van der Waals surface area contributed by atoms with E-state index in [1.165, 1.54) is 11.3 Å². The second-order valence-corrected chi connectivity index (χ2v) is 8.82. The Morgan fingerprint density at radius 2 is 1.90 bits per heavy atom. The molecular weight excluding hydrogens is 437 g/mol. The number of halogens is 2. The van der Waals surface area contributed by atoms with Gasteiger partial charge < -0.3 is 5.32 Å². The number of para-hydroxylation sites is 1. The van der Waals surface area contributed by atoms with Crippen molar-refractivity contribution < 1.29 is 4.79 Å². The lowest BCUT2D eigenvalue weighted by Crippen LogP contribution is -2.13. The molecule has 2 heterocycles. The van der Waals surface area contributed by atoms with Gasteiger partial charge in [0.2, 0.25) is 0 Å². The van der Waals surface area contributed by atoms with Gasteiger partial charge in [0.25, 0.3) is 5.91 Å². The number of rotatable bonds is 3. The molecule has 0 atom stereocenters. The standard InChI is InChI=1S/C23H15Cl2N3OS/c1-12-13(2)30-23(18(12)11-26)28-22(29)17-10-21(16-8-7-14(24)9-19(16)25)27-20-6-4-3-5-15(17)20/h3-10H,1-2H3,(H,28,29). The highest BCUT2D eigenvalue weighted by atomic mass is 35.5. The number of aromatic nitrogens is 1. The first-order chi connectivity index (χ1) is 14.4. The summed E-state index contributed by atoms with van der Waals surface area (Å²) in [6.07, 6.45) is 0. The first-order valence-electron chi connectivity index (χ1n) is 9.05. The van der Waals surface area contributed by atoms with Gasteiger partial charge >= 0.3 is 0 Å². The molecule has 4 aromatic rings. The quantitative estimate of drug-likeness (QED) is 0.364. The summed E-state index contributed by atoms with van der Waals surface area (Å²) in [5.74, 6) is -0.308. The molecule has 0 aliphatic carbocycles. The second kappa shape index (κ2) is 8.08. The molecule has 0 radical (unpaired) electrons. The second-order valence-electron chi connectivity index (χ2n) is 6.75. The van der Waals surface area contributed by atoms with E-state index in [4.69, 9.17) is 23.2 Å². The lowest BCUT2D eigenvalue weighted by molar-refractivity contribution is 0.102. The third kappa shape index (κ3) is 3.66. The number of carbonyl (C=O) groups is 1. The highest BCUT2D eigenvalue weighted by Gasteiger charge is 2.19. The lowest BCUT2D eigenvalue weighted by atomic mass is 10.0. The molecule has 0 saturated heterocycles. The molecule has 0 unspecified atom stereocenters. The number of fused-ring (bicyclic) bond motifs is 1. The summed E-state index contributed by atoms with van der Waals surface area (Å²) < 4.78 is 0. The minimum atomic E-state index is -0.308. The number of hydrogen-bond donors (Lipinski definition) is 1. The number of nitrogens with zero attached hydrogens (tertiary/aromatic N) is 2. The molecule has 30 heavy (non-hydrogen) atoms. The summed E-state index contributed by atoms with van der Waals surface area (Å²) >= 11 is 13.8. The molecule has 4 nitrogen and oxygen atoms in total. The predicted octanol–water partition coefficient (Wildman–Crippen LogP) is 7.01. The number of nitrogens with one attached hydrogen (secondary N) is 1. The maximum atomic E-state index is 13.2. The number of aryl methyl sites for hydroxylation is 1. The van der Waals surface area contributed by atoms with Crippen LogP contribution < -0.4 is 5.32 Å². The number of pyridine rings is 1. The Balaban J connectivity index is 1.85. The van der Waals surface area contributed by atoms with E-state index < -0.39 is 0 Å². The number of anilines is 1. The summed E-state index contributed by atoms with van der Waals surface area (Å²) in [6, 6.07) is 16.5. The highest BCUT2D eigenvalue weighted by molar-refractivity contribution is 7.16. The molecular formula is C23H15Cl2N3OS. The summed E-state index contributed by atoms with van der Waals surface area (Å²) in [4.78, 5) is 18.9. The van der Waals surface area contributed by atoms with E-state index in [2.05, 4.69) is 16.4 Å². The number of hydrogen-bond acceptors (Lipinski definition) is 4. The van der Waals surface area contributed by atoms with Crippen LogP contribution in [0.1, 0.15) is 26.4 Å². The third-order valence-corrected chi connectivity index (χ3v) is 6.56. The molecule has 0 saturated carbocycles. The average molecular weight is 452 g/mol. The van der Waals surface area contributed by atoms with E-state index in [1.807, 2.05) is 38.1 Å². The van der Waals surface area contributed by atoms with Crippen molar-refractivity contribution in [2.75, 3.05) is 5.32 Å². The van der Waals surface area contributed by atoms with Gasteiger partial charge in [-0.3, -0.25) is 4.79 Å². The van der Waals surface area contributed by atoms with Crippen molar-refractivity contribution in [1.29, 1.82) is 5.26 Å². The first kappa shape index (κ1) is 20.4. The number of thiophene rings is 1. The molecule has 0 bridgehead atoms. The van der Waals surface area contributed by atoms with Gasteiger partial charge in [0.15, 0.2) is 0 Å². The zero-order valence-electron chi connectivity index (χ0n) is 16.1.